The van der Waals surface area contributed by atoms with Crippen LogP contribution in [0.3, 0.4) is 0 Å². The Kier molecular flexibility index (Phi) is 4.21. The first kappa shape index (κ1) is 15.7. The number of rotatable bonds is 4. The van der Waals surface area contributed by atoms with Crippen LogP contribution in [0.1, 0.15) is 10.6 Å². The molecular formula is C16H14F3N3S. The van der Waals surface area contributed by atoms with Crippen LogP contribution in [-0.2, 0) is 12.6 Å². The van der Waals surface area contributed by atoms with Crippen molar-refractivity contribution in [3.63, 3.8) is 0 Å². The average Bonchev–Trinajstić information content (AvgIpc) is 3.04. The van der Waals surface area contributed by atoms with E-state index in [1.165, 1.54) is 12.3 Å². The van der Waals surface area contributed by atoms with Gasteiger partial charge in [0, 0.05) is 48.9 Å². The van der Waals surface area contributed by atoms with E-state index in [0.717, 1.165) is 35.8 Å². The Labute approximate surface area is 135 Å². The molecule has 0 fully saturated rings. The quantitative estimate of drug-likeness (QED) is 0.707. The number of fused-ring (bicyclic) bond motifs is 1. The van der Waals surface area contributed by atoms with E-state index < -0.39 is 11.7 Å². The van der Waals surface area contributed by atoms with Crippen LogP contribution in [0.15, 0.2) is 42.0 Å². The van der Waals surface area contributed by atoms with Gasteiger partial charge in [0.1, 0.15) is 0 Å². The van der Waals surface area contributed by atoms with Crippen LogP contribution in [0.25, 0.3) is 10.9 Å². The van der Waals surface area contributed by atoms with Gasteiger partial charge in [-0.3, -0.25) is 4.98 Å². The van der Waals surface area contributed by atoms with Crippen LogP contribution < -0.4 is 4.90 Å². The number of benzene rings is 1. The molecule has 0 amide bonds. The molecule has 7 heteroatoms. The number of halogens is 3. The average molecular weight is 337 g/mol. The predicted octanol–water partition coefficient (Wildman–Crippen LogP) is 4.39. The fourth-order valence-electron chi connectivity index (χ4n) is 2.40. The van der Waals surface area contributed by atoms with E-state index in [9.17, 15) is 13.2 Å². The van der Waals surface area contributed by atoms with Crippen LogP contribution in [0.2, 0.25) is 0 Å². The first-order valence-corrected chi connectivity index (χ1v) is 7.88. The molecule has 0 N–H and O–H groups in total. The number of nitrogens with zero attached hydrogens (tertiary/aromatic N) is 3. The molecule has 0 bridgehead atoms. The number of hydrogen-bond donors (Lipinski definition) is 0. The molecule has 2 heterocycles. The highest BCUT2D eigenvalue weighted by Crippen LogP contribution is 2.33. The van der Waals surface area contributed by atoms with E-state index in [1.54, 1.807) is 17.5 Å². The van der Waals surface area contributed by atoms with Gasteiger partial charge in [0.2, 0.25) is 0 Å². The Bertz CT molecular complexity index is 800. The van der Waals surface area contributed by atoms with Crippen molar-refractivity contribution in [3.05, 3.63) is 52.6 Å². The van der Waals surface area contributed by atoms with E-state index in [2.05, 4.69) is 9.97 Å². The number of pyridine rings is 1. The molecule has 23 heavy (non-hydrogen) atoms. The first-order valence-electron chi connectivity index (χ1n) is 7.00. The molecule has 1 aromatic carbocycles. The third-order valence-corrected chi connectivity index (χ3v) is 4.44. The van der Waals surface area contributed by atoms with Gasteiger partial charge in [0.05, 0.1) is 16.1 Å². The minimum Gasteiger partial charge on any atom is -0.374 e. The van der Waals surface area contributed by atoms with Crippen molar-refractivity contribution < 1.29 is 13.2 Å². The largest absolute Gasteiger partial charge is 0.416 e. The fraction of sp³-hybridized carbons (Fsp3) is 0.250. The van der Waals surface area contributed by atoms with Crippen molar-refractivity contribution in [1.82, 2.24) is 9.97 Å². The van der Waals surface area contributed by atoms with E-state index in [1.807, 2.05) is 23.4 Å². The molecule has 2 aromatic heterocycles. The molecule has 0 saturated heterocycles. The topological polar surface area (TPSA) is 29.0 Å². The molecular weight excluding hydrogens is 323 g/mol. The van der Waals surface area contributed by atoms with Crippen LogP contribution in [-0.4, -0.2) is 23.6 Å². The molecule has 0 unspecified atom stereocenters. The van der Waals surface area contributed by atoms with Gasteiger partial charge in [-0.1, -0.05) is 6.07 Å². The second kappa shape index (κ2) is 6.16. The predicted molar refractivity (Wildman–Crippen MR) is 85.8 cm³/mol. The maximum Gasteiger partial charge on any atom is 0.416 e. The van der Waals surface area contributed by atoms with Crippen molar-refractivity contribution in [2.45, 2.75) is 12.6 Å². The summed E-state index contributed by atoms with van der Waals surface area (Å²) in [5.41, 5.74) is 0.527. The lowest BCUT2D eigenvalue weighted by Gasteiger charge is -2.20. The minimum absolute atomic E-state index is 0.346. The summed E-state index contributed by atoms with van der Waals surface area (Å²) in [6.07, 6.45) is -0.264. The molecule has 0 aliphatic rings. The van der Waals surface area contributed by atoms with Crippen molar-refractivity contribution in [3.8, 4) is 0 Å². The van der Waals surface area contributed by atoms with E-state index >= 15 is 0 Å². The van der Waals surface area contributed by atoms with Gasteiger partial charge < -0.3 is 4.90 Å². The van der Waals surface area contributed by atoms with Crippen LogP contribution >= 0.6 is 11.3 Å². The van der Waals surface area contributed by atoms with Gasteiger partial charge in [0.15, 0.2) is 0 Å². The number of aromatic nitrogens is 2. The molecule has 3 aromatic rings. The zero-order valence-corrected chi connectivity index (χ0v) is 13.2. The number of likely N-dealkylation sites (N-methyl/N-ethyl adjacent to an activating group) is 1. The maximum absolute atomic E-state index is 12.8. The molecule has 3 rings (SSSR count). The summed E-state index contributed by atoms with van der Waals surface area (Å²) in [5, 5.41) is 3.67. The molecule has 0 aliphatic heterocycles. The van der Waals surface area contributed by atoms with E-state index in [4.69, 9.17) is 0 Å². The summed E-state index contributed by atoms with van der Waals surface area (Å²) in [5.74, 6) is 0. The summed E-state index contributed by atoms with van der Waals surface area (Å²) < 4.78 is 38.4. The number of thiazole rings is 1. The van der Waals surface area contributed by atoms with Gasteiger partial charge in [-0.05, 0) is 18.2 Å². The second-order valence-corrected chi connectivity index (χ2v) is 6.14. The summed E-state index contributed by atoms with van der Waals surface area (Å²) >= 11 is 1.59. The van der Waals surface area contributed by atoms with Crippen molar-refractivity contribution in [1.29, 1.82) is 0 Å². The van der Waals surface area contributed by atoms with E-state index in [0.29, 0.717) is 10.9 Å². The highest BCUT2D eigenvalue weighted by molar-refractivity contribution is 7.09. The summed E-state index contributed by atoms with van der Waals surface area (Å²) in [7, 11) is 1.92. The highest BCUT2D eigenvalue weighted by atomic mass is 32.1. The van der Waals surface area contributed by atoms with Gasteiger partial charge in [-0.25, -0.2) is 4.98 Å². The maximum atomic E-state index is 12.8. The first-order chi connectivity index (χ1) is 10.9. The smallest absolute Gasteiger partial charge is 0.374 e. The zero-order chi connectivity index (χ0) is 16.4. The lowest BCUT2D eigenvalue weighted by atomic mass is 10.1. The Hall–Kier alpha value is -2.15. The standard InChI is InChI=1S/C16H14F3N3S/c1-22(8-5-15-21-7-9-23-15)14-4-6-20-13-10-11(16(17,18)19)2-3-12(13)14/h2-4,6-7,9-10H,5,8H2,1H3. The Morgan fingerprint density at radius 3 is 2.65 bits per heavy atom. The molecule has 120 valence electrons. The van der Waals surface area contributed by atoms with Gasteiger partial charge in [-0.15, -0.1) is 11.3 Å². The van der Waals surface area contributed by atoms with Crippen molar-refractivity contribution in [2.24, 2.45) is 0 Å². The second-order valence-electron chi connectivity index (χ2n) is 5.16. The van der Waals surface area contributed by atoms with Crippen molar-refractivity contribution >= 4 is 27.9 Å². The zero-order valence-electron chi connectivity index (χ0n) is 12.3. The normalized spacial score (nSPS) is 11.8. The van der Waals surface area contributed by atoms with E-state index in [-0.39, 0.29) is 0 Å². The van der Waals surface area contributed by atoms with Crippen LogP contribution in [0.5, 0.6) is 0 Å². The third kappa shape index (κ3) is 3.44. The molecule has 0 saturated carbocycles. The van der Waals surface area contributed by atoms with Gasteiger partial charge >= 0.3 is 6.18 Å². The van der Waals surface area contributed by atoms with Crippen LogP contribution in [0.4, 0.5) is 18.9 Å². The summed E-state index contributed by atoms with van der Waals surface area (Å²) in [6, 6.07) is 5.49. The highest BCUT2D eigenvalue weighted by Gasteiger charge is 2.30. The third-order valence-electron chi connectivity index (χ3n) is 3.60. The Morgan fingerprint density at radius 2 is 1.96 bits per heavy atom. The van der Waals surface area contributed by atoms with Crippen LogP contribution in [0, 0.1) is 0 Å². The summed E-state index contributed by atoms with van der Waals surface area (Å²) in [6.45, 7) is 0.730. The SMILES string of the molecule is CN(CCc1nccs1)c1ccnc2cc(C(F)(F)F)ccc12. The lowest BCUT2D eigenvalue weighted by molar-refractivity contribution is -0.137. The fourth-order valence-corrected chi connectivity index (χ4v) is 3.01. The lowest BCUT2D eigenvalue weighted by Crippen LogP contribution is -2.20. The number of hydrogen-bond acceptors (Lipinski definition) is 4. The Morgan fingerprint density at radius 1 is 1.13 bits per heavy atom. The number of anilines is 1. The van der Waals surface area contributed by atoms with Crippen molar-refractivity contribution in [2.75, 3.05) is 18.5 Å². The molecule has 0 aliphatic carbocycles. The molecule has 3 nitrogen and oxygen atoms in total. The number of alkyl halides is 3. The Balaban J connectivity index is 1.88. The van der Waals surface area contributed by atoms with Gasteiger partial charge in [0.25, 0.3) is 0 Å². The minimum atomic E-state index is -4.36. The molecule has 0 spiro atoms. The molecule has 0 radical (unpaired) electrons. The van der Waals surface area contributed by atoms with Gasteiger partial charge in [-0.2, -0.15) is 13.2 Å². The summed E-state index contributed by atoms with van der Waals surface area (Å²) in [4.78, 5) is 10.3. The molecule has 0 atom stereocenters. The monoisotopic (exact) mass is 337 g/mol.